The monoisotopic (exact) mass is 326 g/mol. The highest BCUT2D eigenvalue weighted by atomic mass is 32.2. The number of likely N-dealkylation sites (N-methyl/N-ethyl adjacent to an activating group) is 1. The second kappa shape index (κ2) is 9.59. The molecule has 0 saturated carbocycles. The van der Waals surface area contributed by atoms with Crippen molar-refractivity contribution in [1.29, 1.82) is 0 Å². The average molecular weight is 326 g/mol. The number of sulfonamides is 1. The maximum absolute atomic E-state index is 12.3. The van der Waals surface area contributed by atoms with Gasteiger partial charge in [-0.25, -0.2) is 13.1 Å². The lowest BCUT2D eigenvalue weighted by Crippen LogP contribution is -2.48. The molecule has 0 spiro atoms. The number of aliphatic hydroxyl groups is 1. The summed E-state index contributed by atoms with van der Waals surface area (Å²) in [5.41, 5.74) is 0. The minimum Gasteiger partial charge on any atom is -0.393 e. The molecule has 20 heavy (non-hydrogen) atoms. The Kier molecular flexibility index (Phi) is 9.45. The molecule has 0 bridgehead atoms. The Balaban J connectivity index is 4.71. The van der Waals surface area contributed by atoms with Gasteiger partial charge in [-0.1, -0.05) is 0 Å². The molecule has 0 aliphatic heterocycles. The number of carbonyl (C=O) groups is 1. The molecule has 2 unspecified atom stereocenters. The molecule has 120 valence electrons. The summed E-state index contributed by atoms with van der Waals surface area (Å²) in [4.78, 5) is 13.7. The van der Waals surface area contributed by atoms with Crippen LogP contribution in [0.2, 0.25) is 0 Å². The van der Waals surface area contributed by atoms with Crippen molar-refractivity contribution in [1.82, 2.24) is 9.62 Å². The van der Waals surface area contributed by atoms with Crippen molar-refractivity contribution in [2.24, 2.45) is 0 Å². The minimum absolute atomic E-state index is 0.0482. The first-order valence-electron chi connectivity index (χ1n) is 6.65. The Morgan fingerprint density at radius 2 is 2.00 bits per heavy atom. The van der Waals surface area contributed by atoms with Gasteiger partial charge in [0.05, 0.1) is 11.9 Å². The molecular formula is C12H26N2O4S2. The van der Waals surface area contributed by atoms with Crippen LogP contribution in [0.25, 0.3) is 0 Å². The second-order valence-corrected chi connectivity index (χ2v) is 7.78. The van der Waals surface area contributed by atoms with E-state index in [1.807, 2.05) is 6.26 Å². The third kappa shape index (κ3) is 8.08. The molecular weight excluding hydrogens is 300 g/mol. The van der Waals surface area contributed by atoms with Crippen LogP contribution in [-0.2, 0) is 14.8 Å². The third-order valence-corrected chi connectivity index (χ3v) is 4.92. The van der Waals surface area contributed by atoms with E-state index in [-0.39, 0.29) is 11.7 Å². The molecule has 0 aliphatic carbocycles. The van der Waals surface area contributed by atoms with Gasteiger partial charge in [-0.2, -0.15) is 11.8 Å². The summed E-state index contributed by atoms with van der Waals surface area (Å²) in [6.07, 6.45) is 2.35. The summed E-state index contributed by atoms with van der Waals surface area (Å²) in [5.74, 6) is 0.400. The summed E-state index contributed by atoms with van der Waals surface area (Å²) >= 11 is 1.57. The van der Waals surface area contributed by atoms with Crippen molar-refractivity contribution >= 4 is 27.7 Å². The molecule has 0 saturated heterocycles. The standard InChI is InChI=1S/C12H26N2O4S2/c1-5-20(17,18)13-11(7-9-19-4)12(16)14(3)8-6-10(2)15/h10-11,13,15H,5-9H2,1-4H3. The number of amides is 1. The molecule has 2 N–H and O–H groups in total. The first-order valence-corrected chi connectivity index (χ1v) is 9.70. The topological polar surface area (TPSA) is 86.7 Å². The molecule has 0 aromatic carbocycles. The van der Waals surface area contributed by atoms with Crippen molar-refractivity contribution in [2.45, 2.75) is 38.8 Å². The highest BCUT2D eigenvalue weighted by molar-refractivity contribution is 7.98. The van der Waals surface area contributed by atoms with Gasteiger partial charge in [0.15, 0.2) is 0 Å². The van der Waals surface area contributed by atoms with E-state index in [0.29, 0.717) is 25.1 Å². The predicted molar refractivity (Wildman–Crippen MR) is 83.3 cm³/mol. The average Bonchev–Trinajstić information content (AvgIpc) is 2.39. The molecule has 0 rings (SSSR count). The molecule has 8 heteroatoms. The number of rotatable bonds is 10. The number of carbonyl (C=O) groups excluding carboxylic acids is 1. The lowest BCUT2D eigenvalue weighted by Gasteiger charge is -2.24. The van der Waals surface area contributed by atoms with Crippen LogP contribution in [0.4, 0.5) is 0 Å². The van der Waals surface area contributed by atoms with E-state index in [2.05, 4.69) is 4.72 Å². The highest BCUT2D eigenvalue weighted by Gasteiger charge is 2.25. The Morgan fingerprint density at radius 3 is 2.45 bits per heavy atom. The van der Waals surface area contributed by atoms with Crippen LogP contribution >= 0.6 is 11.8 Å². The number of thioether (sulfide) groups is 1. The molecule has 6 nitrogen and oxygen atoms in total. The largest absolute Gasteiger partial charge is 0.393 e. The Labute approximate surface area is 126 Å². The van der Waals surface area contributed by atoms with Crippen molar-refractivity contribution < 1.29 is 18.3 Å². The van der Waals surface area contributed by atoms with Crippen LogP contribution < -0.4 is 4.72 Å². The van der Waals surface area contributed by atoms with Crippen molar-refractivity contribution in [2.75, 3.05) is 31.4 Å². The van der Waals surface area contributed by atoms with Gasteiger partial charge in [0.2, 0.25) is 15.9 Å². The molecule has 1 amide bonds. The molecule has 2 atom stereocenters. The fourth-order valence-corrected chi connectivity index (χ4v) is 2.82. The van der Waals surface area contributed by atoms with Gasteiger partial charge in [-0.3, -0.25) is 4.79 Å². The van der Waals surface area contributed by atoms with E-state index in [4.69, 9.17) is 0 Å². The lowest BCUT2D eigenvalue weighted by atomic mass is 10.2. The Morgan fingerprint density at radius 1 is 1.40 bits per heavy atom. The van der Waals surface area contributed by atoms with Crippen LogP contribution in [0.3, 0.4) is 0 Å². The van der Waals surface area contributed by atoms with Gasteiger partial charge in [-0.05, 0) is 38.7 Å². The maximum atomic E-state index is 12.3. The van der Waals surface area contributed by atoms with E-state index in [1.54, 1.807) is 25.7 Å². The molecule has 0 aromatic rings. The fraction of sp³-hybridized carbons (Fsp3) is 0.917. The second-order valence-electron chi connectivity index (χ2n) is 4.75. The molecule has 0 aliphatic rings. The number of hydrogen-bond donors (Lipinski definition) is 2. The van der Waals surface area contributed by atoms with Crippen molar-refractivity contribution in [3.63, 3.8) is 0 Å². The molecule has 0 heterocycles. The lowest BCUT2D eigenvalue weighted by molar-refractivity contribution is -0.131. The summed E-state index contributed by atoms with van der Waals surface area (Å²) in [7, 11) is -1.79. The number of nitrogens with zero attached hydrogens (tertiary/aromatic N) is 1. The fourth-order valence-electron chi connectivity index (χ4n) is 1.53. The van der Waals surface area contributed by atoms with E-state index < -0.39 is 22.2 Å². The summed E-state index contributed by atoms with van der Waals surface area (Å²) in [6.45, 7) is 3.60. The van der Waals surface area contributed by atoms with Crippen LogP contribution in [0.1, 0.15) is 26.7 Å². The summed E-state index contributed by atoms with van der Waals surface area (Å²) in [5, 5.41) is 9.23. The zero-order valence-electron chi connectivity index (χ0n) is 12.6. The van der Waals surface area contributed by atoms with Crippen molar-refractivity contribution in [3.8, 4) is 0 Å². The Bertz CT molecular complexity index is 385. The first-order chi connectivity index (χ1) is 9.23. The van der Waals surface area contributed by atoms with Gasteiger partial charge < -0.3 is 10.0 Å². The predicted octanol–water partition coefficient (Wildman–Crippen LogP) is 0.277. The summed E-state index contributed by atoms with van der Waals surface area (Å²) in [6, 6.07) is -0.730. The normalized spacial score (nSPS) is 14.8. The Hall–Kier alpha value is -0.310. The van der Waals surface area contributed by atoms with Crippen LogP contribution in [0, 0.1) is 0 Å². The van der Waals surface area contributed by atoms with Gasteiger partial charge in [0.1, 0.15) is 6.04 Å². The van der Waals surface area contributed by atoms with Gasteiger partial charge >= 0.3 is 0 Å². The number of aliphatic hydroxyl groups excluding tert-OH is 1. The molecule has 0 aromatic heterocycles. The molecule has 0 radical (unpaired) electrons. The number of nitrogens with one attached hydrogen (secondary N) is 1. The zero-order valence-corrected chi connectivity index (χ0v) is 14.3. The van der Waals surface area contributed by atoms with Gasteiger partial charge in [0.25, 0.3) is 0 Å². The van der Waals surface area contributed by atoms with Gasteiger partial charge in [-0.15, -0.1) is 0 Å². The molecule has 0 fully saturated rings. The van der Waals surface area contributed by atoms with E-state index in [9.17, 15) is 18.3 Å². The highest BCUT2D eigenvalue weighted by Crippen LogP contribution is 2.06. The summed E-state index contributed by atoms with van der Waals surface area (Å²) < 4.78 is 25.7. The number of hydrogen-bond acceptors (Lipinski definition) is 5. The van der Waals surface area contributed by atoms with Crippen LogP contribution in [0.15, 0.2) is 0 Å². The van der Waals surface area contributed by atoms with Gasteiger partial charge in [0, 0.05) is 13.6 Å². The third-order valence-electron chi connectivity index (χ3n) is 2.87. The zero-order chi connectivity index (χ0) is 15.8. The van der Waals surface area contributed by atoms with E-state index in [1.165, 1.54) is 11.8 Å². The van der Waals surface area contributed by atoms with E-state index in [0.717, 1.165) is 0 Å². The maximum Gasteiger partial charge on any atom is 0.240 e. The van der Waals surface area contributed by atoms with Crippen LogP contribution in [0.5, 0.6) is 0 Å². The minimum atomic E-state index is -3.42. The first kappa shape index (κ1) is 19.7. The van der Waals surface area contributed by atoms with Crippen LogP contribution in [-0.4, -0.2) is 67.8 Å². The SMILES string of the molecule is CCS(=O)(=O)NC(CCSC)C(=O)N(C)CCC(C)O. The quantitative estimate of drug-likeness (QED) is 0.602. The smallest absolute Gasteiger partial charge is 0.240 e. The van der Waals surface area contributed by atoms with Crippen molar-refractivity contribution in [3.05, 3.63) is 0 Å². The van der Waals surface area contributed by atoms with E-state index >= 15 is 0 Å².